The van der Waals surface area contributed by atoms with Crippen molar-refractivity contribution < 1.29 is 4.74 Å². The Balaban J connectivity index is 2.32. The van der Waals surface area contributed by atoms with Gasteiger partial charge >= 0.3 is 0 Å². The van der Waals surface area contributed by atoms with Gasteiger partial charge in [-0.15, -0.1) is 0 Å². The van der Waals surface area contributed by atoms with Gasteiger partial charge in [0, 0.05) is 5.56 Å². The van der Waals surface area contributed by atoms with Crippen molar-refractivity contribution >= 4 is 11.9 Å². The highest BCUT2D eigenvalue weighted by atomic mass is 16.5. The Bertz CT molecular complexity index is 523. The molecule has 0 saturated heterocycles. The van der Waals surface area contributed by atoms with E-state index in [1.165, 1.54) is 0 Å². The Morgan fingerprint density at radius 1 is 1.11 bits per heavy atom. The second-order valence-corrected chi connectivity index (χ2v) is 3.75. The maximum Gasteiger partial charge on any atom is 0.225 e. The molecule has 0 spiro atoms. The van der Waals surface area contributed by atoms with Gasteiger partial charge in [0.1, 0.15) is 5.75 Å². The van der Waals surface area contributed by atoms with E-state index in [-0.39, 0.29) is 11.9 Å². The van der Waals surface area contributed by atoms with Crippen LogP contribution in [0.1, 0.15) is 13.3 Å². The number of anilines is 2. The largest absolute Gasteiger partial charge is 0.494 e. The van der Waals surface area contributed by atoms with E-state index in [2.05, 4.69) is 21.9 Å². The highest BCUT2D eigenvalue weighted by Gasteiger charge is 2.06. The quantitative estimate of drug-likeness (QED) is 0.846. The van der Waals surface area contributed by atoms with Gasteiger partial charge in [-0.05, 0) is 18.6 Å². The van der Waals surface area contributed by atoms with Crippen molar-refractivity contribution in [3.63, 3.8) is 0 Å². The molecule has 0 aliphatic rings. The van der Waals surface area contributed by atoms with Crippen molar-refractivity contribution in [2.75, 3.05) is 18.1 Å². The molecule has 0 bridgehead atoms. The van der Waals surface area contributed by atoms with Crippen molar-refractivity contribution in [2.24, 2.45) is 0 Å². The molecule has 0 amide bonds. The predicted molar refractivity (Wildman–Crippen MR) is 69.9 cm³/mol. The van der Waals surface area contributed by atoms with E-state index in [1.54, 1.807) is 0 Å². The van der Waals surface area contributed by atoms with Gasteiger partial charge in [0.15, 0.2) is 5.82 Å². The third-order valence-corrected chi connectivity index (χ3v) is 2.24. The molecule has 2 rings (SSSR count). The third kappa shape index (κ3) is 2.85. The smallest absolute Gasteiger partial charge is 0.225 e. The van der Waals surface area contributed by atoms with Crippen LogP contribution in [0.25, 0.3) is 11.4 Å². The molecule has 2 aromatic rings. The van der Waals surface area contributed by atoms with Crippen LogP contribution in [-0.2, 0) is 0 Å². The van der Waals surface area contributed by atoms with Crippen LogP contribution in [0.2, 0.25) is 0 Å². The van der Waals surface area contributed by atoms with Crippen molar-refractivity contribution in [3.8, 4) is 17.1 Å². The van der Waals surface area contributed by atoms with Crippen LogP contribution in [0.4, 0.5) is 11.9 Å². The average molecular weight is 245 g/mol. The van der Waals surface area contributed by atoms with Crippen LogP contribution in [0.15, 0.2) is 24.3 Å². The Morgan fingerprint density at radius 2 is 1.83 bits per heavy atom. The zero-order chi connectivity index (χ0) is 13.0. The van der Waals surface area contributed by atoms with Gasteiger partial charge in [0.05, 0.1) is 6.61 Å². The molecule has 1 aromatic carbocycles. The standard InChI is InChI=1S/C12H15N5O/c1-2-6-18-9-5-3-4-8(7-9)10-15-11(13)17-12(14)16-10/h3-5,7H,2,6H2,1H3,(H4,13,14,15,16,17). The molecule has 0 unspecified atom stereocenters. The van der Waals surface area contributed by atoms with Gasteiger partial charge in [-0.2, -0.15) is 15.0 Å². The number of rotatable bonds is 4. The summed E-state index contributed by atoms with van der Waals surface area (Å²) in [7, 11) is 0. The Morgan fingerprint density at radius 3 is 2.50 bits per heavy atom. The molecule has 0 radical (unpaired) electrons. The van der Waals surface area contributed by atoms with E-state index in [9.17, 15) is 0 Å². The summed E-state index contributed by atoms with van der Waals surface area (Å²) < 4.78 is 5.54. The number of hydrogen-bond donors (Lipinski definition) is 2. The van der Waals surface area contributed by atoms with E-state index < -0.39 is 0 Å². The fourth-order valence-corrected chi connectivity index (χ4v) is 1.48. The molecule has 1 aromatic heterocycles. The van der Waals surface area contributed by atoms with Gasteiger partial charge in [-0.25, -0.2) is 0 Å². The minimum atomic E-state index is 0.109. The maximum atomic E-state index is 5.54. The topological polar surface area (TPSA) is 99.9 Å². The molecule has 6 heteroatoms. The van der Waals surface area contributed by atoms with E-state index in [1.807, 2.05) is 24.3 Å². The van der Waals surface area contributed by atoms with Crippen LogP contribution in [0.3, 0.4) is 0 Å². The van der Waals surface area contributed by atoms with Crippen LogP contribution >= 0.6 is 0 Å². The molecule has 0 saturated carbocycles. The zero-order valence-corrected chi connectivity index (χ0v) is 10.1. The Kier molecular flexibility index (Phi) is 3.57. The Hall–Kier alpha value is -2.37. The van der Waals surface area contributed by atoms with Crippen LogP contribution in [0, 0.1) is 0 Å². The number of nitrogens with two attached hydrogens (primary N) is 2. The third-order valence-electron chi connectivity index (χ3n) is 2.24. The van der Waals surface area contributed by atoms with Gasteiger partial charge in [0.25, 0.3) is 0 Å². The fraction of sp³-hybridized carbons (Fsp3) is 0.250. The highest BCUT2D eigenvalue weighted by Crippen LogP contribution is 2.21. The molecule has 4 N–H and O–H groups in total. The number of nitrogen functional groups attached to an aromatic ring is 2. The number of aromatic nitrogens is 3. The summed E-state index contributed by atoms with van der Waals surface area (Å²) in [5.74, 6) is 1.43. The molecule has 0 aliphatic carbocycles. The van der Waals surface area contributed by atoms with E-state index in [0.29, 0.717) is 12.4 Å². The molecule has 0 atom stereocenters. The van der Waals surface area contributed by atoms with Crippen LogP contribution < -0.4 is 16.2 Å². The van der Waals surface area contributed by atoms with E-state index in [4.69, 9.17) is 16.2 Å². The summed E-state index contributed by atoms with van der Waals surface area (Å²) in [6, 6.07) is 7.47. The van der Waals surface area contributed by atoms with Gasteiger partial charge in [-0.1, -0.05) is 19.1 Å². The summed E-state index contributed by atoms with van der Waals surface area (Å²) >= 11 is 0. The lowest BCUT2D eigenvalue weighted by molar-refractivity contribution is 0.317. The van der Waals surface area contributed by atoms with Crippen LogP contribution in [0.5, 0.6) is 5.75 Å². The molecule has 0 fully saturated rings. The molecule has 94 valence electrons. The molecule has 0 aliphatic heterocycles. The number of hydrogen-bond acceptors (Lipinski definition) is 6. The van der Waals surface area contributed by atoms with Crippen molar-refractivity contribution in [1.29, 1.82) is 0 Å². The zero-order valence-electron chi connectivity index (χ0n) is 10.1. The second kappa shape index (κ2) is 5.31. The first-order chi connectivity index (χ1) is 8.69. The summed E-state index contributed by atoms with van der Waals surface area (Å²) in [5, 5.41) is 0. The van der Waals surface area contributed by atoms with Gasteiger partial charge < -0.3 is 16.2 Å². The minimum absolute atomic E-state index is 0.109. The average Bonchev–Trinajstić information content (AvgIpc) is 2.35. The minimum Gasteiger partial charge on any atom is -0.494 e. The normalized spacial score (nSPS) is 10.3. The summed E-state index contributed by atoms with van der Waals surface area (Å²) in [5.41, 5.74) is 11.9. The second-order valence-electron chi connectivity index (χ2n) is 3.75. The van der Waals surface area contributed by atoms with Crippen molar-refractivity contribution in [1.82, 2.24) is 15.0 Å². The fourth-order valence-electron chi connectivity index (χ4n) is 1.48. The van der Waals surface area contributed by atoms with E-state index >= 15 is 0 Å². The highest BCUT2D eigenvalue weighted by molar-refractivity contribution is 5.59. The lowest BCUT2D eigenvalue weighted by Crippen LogP contribution is -2.04. The molecular weight excluding hydrogens is 230 g/mol. The van der Waals surface area contributed by atoms with Crippen molar-refractivity contribution in [2.45, 2.75) is 13.3 Å². The molecular formula is C12H15N5O. The van der Waals surface area contributed by atoms with Crippen molar-refractivity contribution in [3.05, 3.63) is 24.3 Å². The molecule has 6 nitrogen and oxygen atoms in total. The van der Waals surface area contributed by atoms with E-state index in [0.717, 1.165) is 17.7 Å². The maximum absolute atomic E-state index is 5.54. The SMILES string of the molecule is CCCOc1cccc(-c2nc(N)nc(N)n2)c1. The number of ether oxygens (including phenoxy) is 1. The monoisotopic (exact) mass is 245 g/mol. The first kappa shape index (κ1) is 12.1. The Labute approximate surface area is 105 Å². The lowest BCUT2D eigenvalue weighted by Gasteiger charge is -2.06. The lowest BCUT2D eigenvalue weighted by atomic mass is 10.2. The summed E-state index contributed by atoms with van der Waals surface area (Å²) in [6.07, 6.45) is 0.954. The van der Waals surface area contributed by atoms with Gasteiger partial charge in [0.2, 0.25) is 11.9 Å². The first-order valence-corrected chi connectivity index (χ1v) is 5.69. The first-order valence-electron chi connectivity index (χ1n) is 5.69. The van der Waals surface area contributed by atoms with Gasteiger partial charge in [-0.3, -0.25) is 0 Å². The number of benzene rings is 1. The molecule has 18 heavy (non-hydrogen) atoms. The molecule has 1 heterocycles. The summed E-state index contributed by atoms with van der Waals surface area (Å²) in [6.45, 7) is 2.72. The van der Waals surface area contributed by atoms with Crippen LogP contribution in [-0.4, -0.2) is 21.6 Å². The predicted octanol–water partition coefficient (Wildman–Crippen LogP) is 1.49. The number of nitrogens with zero attached hydrogens (tertiary/aromatic N) is 3. The summed E-state index contributed by atoms with van der Waals surface area (Å²) in [4.78, 5) is 11.8.